The second-order valence-electron chi connectivity index (χ2n) is 1.69. The summed E-state index contributed by atoms with van der Waals surface area (Å²) in [6.07, 6.45) is 0. The molecule has 3 heteroatoms. The maximum absolute atomic E-state index is 5.35. The number of hydrogen-bond donors (Lipinski definition) is 1. The predicted molar refractivity (Wildman–Crippen MR) is 35.0 cm³/mol. The Morgan fingerprint density at radius 1 is 1.10 bits per heavy atom. The fourth-order valence-electron chi connectivity index (χ4n) is 0.614. The third-order valence-corrected chi connectivity index (χ3v) is 1.08. The maximum Gasteiger partial charge on any atom is 0.0178 e. The largest absolute Gasteiger partial charge is 2.00 e. The van der Waals surface area contributed by atoms with Gasteiger partial charge in [0.05, 0.1) is 0 Å². The molecule has 2 nitrogen and oxygen atoms in total. The van der Waals surface area contributed by atoms with Crippen molar-refractivity contribution in [3.63, 3.8) is 0 Å². The summed E-state index contributed by atoms with van der Waals surface area (Å²) in [4.78, 5) is 0. The average molecular weight is 174 g/mol. The molecule has 0 saturated carbocycles. The van der Waals surface area contributed by atoms with Crippen molar-refractivity contribution in [1.29, 1.82) is 0 Å². The van der Waals surface area contributed by atoms with Crippen LogP contribution in [-0.4, -0.2) is 0 Å². The summed E-state index contributed by atoms with van der Waals surface area (Å²) in [5.74, 6) is 0. The van der Waals surface area contributed by atoms with Gasteiger partial charge < -0.3 is 11.2 Å². The number of rotatable bonds is 1. The number of hydrogen-bond acceptors (Lipinski definition) is 1. The van der Waals surface area contributed by atoms with Crippen molar-refractivity contribution < 1.29 is 24.0 Å². The van der Waals surface area contributed by atoms with E-state index in [1.54, 1.807) is 0 Å². The van der Waals surface area contributed by atoms with E-state index in [2.05, 4.69) is 0 Å². The third kappa shape index (κ3) is 3.69. The summed E-state index contributed by atoms with van der Waals surface area (Å²) in [5, 5.41) is 0. The Balaban J connectivity index is 0. The standard InChI is InChI=1S/C7H9N.O.V/c8-6-7-4-2-1-3-5-7;;/h1-5H,6,8H2;;/q;-2;. The van der Waals surface area contributed by atoms with E-state index in [0.717, 1.165) is 0 Å². The van der Waals surface area contributed by atoms with Gasteiger partial charge in [0.2, 0.25) is 0 Å². The molecule has 1 aromatic carbocycles. The molecule has 0 fully saturated rings. The van der Waals surface area contributed by atoms with Crippen LogP contribution in [0.2, 0.25) is 0 Å². The molecule has 0 aromatic heterocycles. The van der Waals surface area contributed by atoms with Crippen LogP contribution in [0, 0.1) is 0 Å². The zero-order valence-electron chi connectivity index (χ0n) is 5.53. The first kappa shape index (κ1) is 12.4. The van der Waals surface area contributed by atoms with Gasteiger partial charge in [-0.25, -0.2) is 0 Å². The summed E-state index contributed by atoms with van der Waals surface area (Å²) in [6.45, 7) is 0.640. The second kappa shape index (κ2) is 6.84. The van der Waals surface area contributed by atoms with E-state index in [4.69, 9.17) is 5.73 Å². The van der Waals surface area contributed by atoms with Gasteiger partial charge in [-0.2, -0.15) is 0 Å². The fourth-order valence-corrected chi connectivity index (χ4v) is 0.614. The topological polar surface area (TPSA) is 54.5 Å². The van der Waals surface area contributed by atoms with Crippen molar-refractivity contribution >= 4 is 0 Å². The molecule has 55 valence electrons. The Hall–Kier alpha value is -0.276. The van der Waals surface area contributed by atoms with Gasteiger partial charge in [-0.3, -0.25) is 0 Å². The molecular formula is C7H9NOV-2. The van der Waals surface area contributed by atoms with Gasteiger partial charge in [0, 0.05) is 25.1 Å². The number of benzene rings is 1. The van der Waals surface area contributed by atoms with Gasteiger partial charge in [-0.15, -0.1) is 0 Å². The first-order valence-corrected chi connectivity index (χ1v) is 2.67. The smallest absolute Gasteiger partial charge is 0.0178 e. The molecular weight excluding hydrogens is 165 g/mol. The van der Waals surface area contributed by atoms with Crippen LogP contribution in [-0.2, 0) is 30.6 Å². The molecule has 0 amide bonds. The van der Waals surface area contributed by atoms with Gasteiger partial charge in [0.25, 0.3) is 0 Å². The average Bonchev–Trinajstić information content (AvgIpc) is 1.90. The Labute approximate surface area is 72.6 Å². The van der Waals surface area contributed by atoms with E-state index >= 15 is 0 Å². The van der Waals surface area contributed by atoms with E-state index in [1.807, 2.05) is 30.3 Å². The quantitative estimate of drug-likeness (QED) is 0.678. The van der Waals surface area contributed by atoms with Crippen molar-refractivity contribution in [2.24, 2.45) is 5.73 Å². The Morgan fingerprint density at radius 3 is 1.90 bits per heavy atom. The van der Waals surface area contributed by atoms with Crippen LogP contribution in [0.1, 0.15) is 5.56 Å². The molecule has 0 atom stereocenters. The van der Waals surface area contributed by atoms with Crippen LogP contribution in [0.25, 0.3) is 0 Å². The van der Waals surface area contributed by atoms with Gasteiger partial charge in [-0.1, -0.05) is 30.3 Å². The molecule has 0 heterocycles. The van der Waals surface area contributed by atoms with Crippen LogP contribution in [0.4, 0.5) is 0 Å². The molecule has 10 heavy (non-hydrogen) atoms. The van der Waals surface area contributed by atoms with E-state index in [-0.39, 0.29) is 24.0 Å². The summed E-state index contributed by atoms with van der Waals surface area (Å²) in [6, 6.07) is 9.99. The van der Waals surface area contributed by atoms with E-state index in [1.165, 1.54) is 5.56 Å². The van der Waals surface area contributed by atoms with E-state index in [0.29, 0.717) is 6.54 Å². The molecule has 0 bridgehead atoms. The second-order valence-corrected chi connectivity index (χ2v) is 1.69. The molecule has 2 N–H and O–H groups in total. The molecule has 0 aliphatic heterocycles. The summed E-state index contributed by atoms with van der Waals surface area (Å²) >= 11 is 0. The van der Waals surface area contributed by atoms with Crippen LogP contribution in [0.3, 0.4) is 0 Å². The number of nitrogens with two attached hydrogens (primary N) is 1. The Morgan fingerprint density at radius 2 is 1.60 bits per heavy atom. The van der Waals surface area contributed by atoms with Gasteiger partial charge in [0.15, 0.2) is 0 Å². The fraction of sp³-hybridized carbons (Fsp3) is 0.143. The molecule has 1 aromatic rings. The Kier molecular flexibility index (Phi) is 8.48. The SMILES string of the molecule is NCc1ccccc1.[O-2].[V]. The van der Waals surface area contributed by atoms with Crippen LogP contribution >= 0.6 is 0 Å². The van der Waals surface area contributed by atoms with E-state index < -0.39 is 0 Å². The summed E-state index contributed by atoms with van der Waals surface area (Å²) in [7, 11) is 0. The first-order chi connectivity index (χ1) is 3.93. The molecule has 0 unspecified atom stereocenters. The maximum atomic E-state index is 5.35. The van der Waals surface area contributed by atoms with Crippen LogP contribution < -0.4 is 5.73 Å². The molecule has 1 rings (SSSR count). The molecule has 0 saturated heterocycles. The van der Waals surface area contributed by atoms with Crippen molar-refractivity contribution in [3.05, 3.63) is 35.9 Å². The van der Waals surface area contributed by atoms with Crippen molar-refractivity contribution in [1.82, 2.24) is 0 Å². The summed E-state index contributed by atoms with van der Waals surface area (Å²) < 4.78 is 0. The van der Waals surface area contributed by atoms with Crippen LogP contribution in [0.15, 0.2) is 30.3 Å². The van der Waals surface area contributed by atoms with Crippen LogP contribution in [0.5, 0.6) is 0 Å². The zero-order chi connectivity index (χ0) is 5.82. The Bertz CT molecular complexity index is 155. The molecule has 0 spiro atoms. The zero-order valence-corrected chi connectivity index (χ0v) is 6.92. The molecule has 0 aliphatic carbocycles. The monoisotopic (exact) mass is 174 g/mol. The van der Waals surface area contributed by atoms with E-state index in [9.17, 15) is 0 Å². The van der Waals surface area contributed by atoms with Crippen molar-refractivity contribution in [2.75, 3.05) is 0 Å². The minimum Gasteiger partial charge on any atom is -2.00 e. The molecule has 0 aliphatic rings. The summed E-state index contributed by atoms with van der Waals surface area (Å²) in [5.41, 5.74) is 6.54. The van der Waals surface area contributed by atoms with Crippen molar-refractivity contribution in [3.8, 4) is 0 Å². The minimum absolute atomic E-state index is 0. The predicted octanol–water partition coefficient (Wildman–Crippen LogP) is 1.02. The van der Waals surface area contributed by atoms with Gasteiger partial charge >= 0.3 is 0 Å². The molecule has 1 radical (unpaired) electrons. The third-order valence-electron chi connectivity index (χ3n) is 1.08. The first-order valence-electron chi connectivity index (χ1n) is 2.67. The van der Waals surface area contributed by atoms with Crippen molar-refractivity contribution in [2.45, 2.75) is 6.54 Å². The minimum atomic E-state index is 0. The van der Waals surface area contributed by atoms with Gasteiger partial charge in [0.1, 0.15) is 0 Å². The van der Waals surface area contributed by atoms with Gasteiger partial charge in [-0.05, 0) is 5.56 Å². The normalized spacial score (nSPS) is 7.30.